The summed E-state index contributed by atoms with van der Waals surface area (Å²) in [7, 11) is 1.69. The van der Waals surface area contributed by atoms with E-state index < -0.39 is 0 Å². The van der Waals surface area contributed by atoms with Crippen LogP contribution < -0.4 is 4.90 Å². The summed E-state index contributed by atoms with van der Waals surface area (Å²) in [6.45, 7) is 0.668. The van der Waals surface area contributed by atoms with Gasteiger partial charge in [0, 0.05) is 38.9 Å². The molecule has 0 radical (unpaired) electrons. The van der Waals surface area contributed by atoms with Crippen LogP contribution in [0.25, 0.3) is 10.4 Å². The molecule has 0 spiro atoms. The predicted molar refractivity (Wildman–Crippen MR) is 92.2 cm³/mol. The van der Waals surface area contributed by atoms with E-state index >= 15 is 0 Å². The number of nitriles is 1. The van der Waals surface area contributed by atoms with Gasteiger partial charge in [0.05, 0.1) is 10.8 Å². The molecule has 6 nitrogen and oxygen atoms in total. The van der Waals surface area contributed by atoms with Crippen LogP contribution in [0.5, 0.6) is 0 Å². The number of carbonyl (C=O) groups is 1. The summed E-state index contributed by atoms with van der Waals surface area (Å²) < 4.78 is 0. The average molecular weight is 342 g/mol. The minimum absolute atomic E-state index is 0.102. The highest BCUT2D eigenvalue weighted by Crippen LogP contribution is 2.32. The van der Waals surface area contributed by atoms with Gasteiger partial charge in [0.25, 0.3) is 0 Å². The molecule has 0 saturated carbocycles. The number of nitrogens with zero attached hydrogens (tertiary/aromatic N) is 4. The minimum atomic E-state index is -0.385. The molecule has 0 aliphatic carbocycles. The fourth-order valence-electron chi connectivity index (χ4n) is 2.92. The number of anilines is 1. The number of amides is 1. The molecule has 0 bridgehead atoms. The monoisotopic (exact) mass is 342 g/mol. The Morgan fingerprint density at radius 3 is 2.88 bits per heavy atom. The summed E-state index contributed by atoms with van der Waals surface area (Å²) in [5.41, 5.74) is 1.06. The maximum Gasteiger partial charge on any atom is 0.233 e. The number of hydrogen-bond donors (Lipinski definition) is 1. The number of hydrogen-bond acceptors (Lipinski definition) is 6. The summed E-state index contributed by atoms with van der Waals surface area (Å²) in [5.74, 6) is -0.711. The van der Waals surface area contributed by atoms with Crippen molar-refractivity contribution in [3.63, 3.8) is 0 Å². The Morgan fingerprint density at radius 1 is 1.46 bits per heavy atom. The maximum absolute atomic E-state index is 12.8. The lowest BCUT2D eigenvalue weighted by atomic mass is 9.96. The second-order valence-corrected chi connectivity index (χ2v) is 6.83. The van der Waals surface area contributed by atoms with Gasteiger partial charge in [0.1, 0.15) is 0 Å². The van der Waals surface area contributed by atoms with Crippen LogP contribution in [-0.4, -0.2) is 47.6 Å². The number of thiazole rings is 1. The molecule has 1 aliphatic rings. The smallest absolute Gasteiger partial charge is 0.233 e. The molecule has 2 heterocycles. The molecule has 1 amide bonds. The van der Waals surface area contributed by atoms with Crippen LogP contribution in [-0.2, 0) is 4.79 Å². The number of carbonyl (C=O) groups excluding carboxylic acids is 1. The zero-order valence-electron chi connectivity index (χ0n) is 13.3. The van der Waals surface area contributed by atoms with Gasteiger partial charge < -0.3 is 10.0 Å². The minimum Gasteiger partial charge on any atom is -0.396 e. The van der Waals surface area contributed by atoms with E-state index in [9.17, 15) is 9.90 Å². The Bertz CT molecular complexity index is 755. The number of aromatic nitrogens is 1. The summed E-state index contributed by atoms with van der Waals surface area (Å²) >= 11 is 1.45. The van der Waals surface area contributed by atoms with Crippen LogP contribution >= 0.6 is 11.3 Å². The second-order valence-electron chi connectivity index (χ2n) is 5.82. The standard InChI is InChI=1S/C17H18N4O2S/c1-20(16(23)14-9-21(11-18)8-13(14)10-22)17-19-7-15(24-17)12-5-3-2-4-6-12/h2-7,13-14,22H,8-10H2,1H3/t13-,14+/m1/s1. The van der Waals surface area contributed by atoms with Crippen LogP contribution in [0, 0.1) is 23.3 Å². The van der Waals surface area contributed by atoms with Crippen LogP contribution in [0.2, 0.25) is 0 Å². The van der Waals surface area contributed by atoms with Gasteiger partial charge >= 0.3 is 0 Å². The predicted octanol–water partition coefficient (Wildman–Crippen LogP) is 1.79. The van der Waals surface area contributed by atoms with Crippen molar-refractivity contribution in [2.45, 2.75) is 0 Å². The first-order chi connectivity index (χ1) is 11.6. The normalized spacial score (nSPS) is 20.0. The number of benzene rings is 1. The lowest BCUT2D eigenvalue weighted by Gasteiger charge is -2.21. The molecule has 124 valence electrons. The van der Waals surface area contributed by atoms with Gasteiger partial charge in [-0.15, -0.1) is 0 Å². The summed E-state index contributed by atoms with van der Waals surface area (Å²) in [5, 5.41) is 19.1. The summed E-state index contributed by atoms with van der Waals surface area (Å²) in [6.07, 6.45) is 3.82. The molecule has 1 aliphatic heterocycles. The van der Waals surface area contributed by atoms with Crippen molar-refractivity contribution in [2.24, 2.45) is 11.8 Å². The number of likely N-dealkylation sites (tertiary alicyclic amines) is 1. The van der Waals surface area contributed by atoms with Crippen molar-refractivity contribution in [2.75, 3.05) is 31.6 Å². The van der Waals surface area contributed by atoms with E-state index in [0.29, 0.717) is 18.2 Å². The third kappa shape index (κ3) is 3.11. The van der Waals surface area contributed by atoms with Gasteiger partial charge in [-0.1, -0.05) is 41.7 Å². The highest BCUT2D eigenvalue weighted by Gasteiger charge is 2.39. The Balaban J connectivity index is 1.77. The number of aliphatic hydroxyl groups is 1. The first-order valence-electron chi connectivity index (χ1n) is 7.68. The molecule has 0 unspecified atom stereocenters. The Hall–Kier alpha value is -2.43. The highest BCUT2D eigenvalue weighted by molar-refractivity contribution is 7.19. The molecule has 1 fully saturated rings. The Labute approximate surface area is 144 Å². The van der Waals surface area contributed by atoms with Gasteiger partial charge in [-0.05, 0) is 5.56 Å². The van der Waals surface area contributed by atoms with Crippen molar-refractivity contribution in [1.82, 2.24) is 9.88 Å². The molecule has 2 aromatic rings. The fourth-order valence-corrected chi connectivity index (χ4v) is 3.80. The molecule has 1 saturated heterocycles. The van der Waals surface area contributed by atoms with Crippen LogP contribution in [0.15, 0.2) is 36.5 Å². The Morgan fingerprint density at radius 2 is 2.21 bits per heavy atom. The van der Waals surface area contributed by atoms with E-state index in [2.05, 4.69) is 11.2 Å². The average Bonchev–Trinajstić information content (AvgIpc) is 3.28. The van der Waals surface area contributed by atoms with Crippen molar-refractivity contribution >= 4 is 22.4 Å². The molecule has 2 atom stereocenters. The van der Waals surface area contributed by atoms with Gasteiger partial charge in [-0.2, -0.15) is 5.26 Å². The quantitative estimate of drug-likeness (QED) is 0.857. The molecular formula is C17H18N4O2S. The van der Waals surface area contributed by atoms with Gasteiger partial charge in [0.15, 0.2) is 11.3 Å². The summed E-state index contributed by atoms with van der Waals surface area (Å²) in [6, 6.07) is 9.89. The van der Waals surface area contributed by atoms with Crippen molar-refractivity contribution in [3.05, 3.63) is 36.5 Å². The molecule has 1 aromatic heterocycles. The number of aliphatic hydroxyl groups excluding tert-OH is 1. The van der Waals surface area contributed by atoms with Crippen molar-refractivity contribution in [3.8, 4) is 16.6 Å². The number of rotatable bonds is 4. The fraction of sp³-hybridized carbons (Fsp3) is 0.353. The van der Waals surface area contributed by atoms with E-state index in [1.807, 2.05) is 30.3 Å². The van der Waals surface area contributed by atoms with E-state index in [-0.39, 0.29) is 24.3 Å². The topological polar surface area (TPSA) is 80.5 Å². The lowest BCUT2D eigenvalue weighted by molar-refractivity contribution is -0.123. The highest BCUT2D eigenvalue weighted by atomic mass is 32.1. The van der Waals surface area contributed by atoms with Crippen molar-refractivity contribution < 1.29 is 9.90 Å². The summed E-state index contributed by atoms with van der Waals surface area (Å²) in [4.78, 5) is 21.2. The zero-order valence-corrected chi connectivity index (χ0v) is 14.1. The third-order valence-corrected chi connectivity index (χ3v) is 5.43. The lowest BCUT2D eigenvalue weighted by Crippen LogP contribution is -2.37. The first kappa shape index (κ1) is 16.4. The van der Waals surface area contributed by atoms with Gasteiger partial charge in [0.2, 0.25) is 5.91 Å². The largest absolute Gasteiger partial charge is 0.396 e. The SMILES string of the molecule is CN(C(=O)[C@H]1CN(C#N)C[C@@H]1CO)c1ncc(-c2ccccc2)s1. The van der Waals surface area contributed by atoms with E-state index in [1.165, 1.54) is 21.1 Å². The molecule has 24 heavy (non-hydrogen) atoms. The Kier molecular flexibility index (Phi) is 4.79. The van der Waals surface area contributed by atoms with E-state index in [4.69, 9.17) is 5.26 Å². The third-order valence-electron chi connectivity index (χ3n) is 4.30. The van der Waals surface area contributed by atoms with E-state index in [0.717, 1.165) is 10.4 Å². The van der Waals surface area contributed by atoms with Crippen molar-refractivity contribution in [1.29, 1.82) is 5.26 Å². The molecular weight excluding hydrogens is 324 g/mol. The van der Waals surface area contributed by atoms with Gasteiger partial charge in [-0.25, -0.2) is 4.98 Å². The van der Waals surface area contributed by atoms with E-state index in [1.54, 1.807) is 13.2 Å². The maximum atomic E-state index is 12.8. The van der Waals surface area contributed by atoms with Crippen LogP contribution in [0.4, 0.5) is 5.13 Å². The molecule has 3 rings (SSSR count). The zero-order chi connectivity index (χ0) is 17.1. The second kappa shape index (κ2) is 6.99. The van der Waals surface area contributed by atoms with Crippen LogP contribution in [0.3, 0.4) is 0 Å². The van der Waals surface area contributed by atoms with Gasteiger partial charge in [-0.3, -0.25) is 9.69 Å². The molecule has 1 aromatic carbocycles. The first-order valence-corrected chi connectivity index (χ1v) is 8.50. The molecule has 1 N–H and O–H groups in total. The van der Waals surface area contributed by atoms with Crippen LogP contribution in [0.1, 0.15) is 0 Å². The molecule has 7 heteroatoms.